The second-order valence-electron chi connectivity index (χ2n) is 8.40. The lowest BCUT2D eigenvalue weighted by Gasteiger charge is -2.33. The Kier molecular flexibility index (Phi) is 7.86. The molecule has 0 saturated carbocycles. The van der Waals surface area contributed by atoms with Crippen molar-refractivity contribution in [1.82, 2.24) is 4.90 Å². The average molecular weight is 493 g/mol. The van der Waals surface area contributed by atoms with E-state index in [1.54, 1.807) is 11.0 Å². The van der Waals surface area contributed by atoms with Gasteiger partial charge in [-0.3, -0.25) is 9.59 Å². The van der Waals surface area contributed by atoms with E-state index in [0.717, 1.165) is 22.4 Å². The zero-order valence-corrected chi connectivity index (χ0v) is 20.5. The van der Waals surface area contributed by atoms with Gasteiger partial charge in [-0.1, -0.05) is 74.5 Å². The van der Waals surface area contributed by atoms with Crippen LogP contribution in [0.3, 0.4) is 0 Å². The minimum atomic E-state index is -0.766. The van der Waals surface area contributed by atoms with Crippen LogP contribution in [0.25, 0.3) is 0 Å². The van der Waals surface area contributed by atoms with Crippen molar-refractivity contribution in [1.29, 1.82) is 0 Å². The van der Waals surface area contributed by atoms with Crippen molar-refractivity contribution in [3.8, 4) is 0 Å². The van der Waals surface area contributed by atoms with Crippen LogP contribution in [0.15, 0.2) is 77.3 Å². The second kappa shape index (κ2) is 10.6. The van der Waals surface area contributed by atoms with Crippen LogP contribution >= 0.6 is 15.9 Å². The number of hydrogen-bond donors (Lipinski definition) is 1. The maximum atomic E-state index is 13.7. The van der Waals surface area contributed by atoms with Gasteiger partial charge in [-0.2, -0.15) is 0 Å². The van der Waals surface area contributed by atoms with E-state index in [2.05, 4.69) is 21.2 Å². The van der Waals surface area contributed by atoms with E-state index in [-0.39, 0.29) is 17.7 Å². The summed E-state index contributed by atoms with van der Waals surface area (Å²) in [5.74, 6) is -0.230. The number of carbonyl (C=O) groups is 2. The number of nitrogens with zero attached hydrogens (tertiary/aromatic N) is 1. The van der Waals surface area contributed by atoms with E-state index in [1.165, 1.54) is 0 Å². The molecule has 3 rings (SSSR count). The lowest BCUT2D eigenvalue weighted by molar-refractivity contribution is -0.121. The van der Waals surface area contributed by atoms with Crippen LogP contribution in [0.2, 0.25) is 0 Å². The van der Waals surface area contributed by atoms with Crippen molar-refractivity contribution in [2.75, 3.05) is 11.9 Å². The van der Waals surface area contributed by atoms with Gasteiger partial charge >= 0.3 is 0 Å². The third kappa shape index (κ3) is 5.46. The molecule has 3 aromatic carbocycles. The molecule has 166 valence electrons. The fourth-order valence-corrected chi connectivity index (χ4v) is 4.25. The molecule has 0 unspecified atom stereocenters. The molecule has 0 bridgehead atoms. The number of nitrogens with one attached hydrogen (secondary N) is 1. The van der Waals surface area contributed by atoms with Crippen LogP contribution in [0.4, 0.5) is 5.69 Å². The first-order chi connectivity index (χ1) is 15.3. The van der Waals surface area contributed by atoms with Gasteiger partial charge in [0.2, 0.25) is 0 Å². The van der Waals surface area contributed by atoms with E-state index in [1.807, 2.05) is 94.4 Å². The van der Waals surface area contributed by atoms with Crippen LogP contribution < -0.4 is 5.32 Å². The summed E-state index contributed by atoms with van der Waals surface area (Å²) in [5.41, 5.74) is 4.07. The van der Waals surface area contributed by atoms with Gasteiger partial charge in [-0.25, -0.2) is 0 Å². The van der Waals surface area contributed by atoms with E-state index in [0.29, 0.717) is 16.6 Å². The summed E-state index contributed by atoms with van der Waals surface area (Å²) in [7, 11) is 0. The summed E-state index contributed by atoms with van der Waals surface area (Å²) in [5, 5.41) is 3.11. The minimum Gasteiger partial charge on any atom is -0.323 e. The van der Waals surface area contributed by atoms with Gasteiger partial charge in [0, 0.05) is 16.7 Å². The highest BCUT2D eigenvalue weighted by Crippen LogP contribution is 2.29. The Hall–Kier alpha value is -2.92. The standard InChI is InChI=1S/C27H29BrN2O2/c1-18(2)17-30(27(32)22-15-8-9-16-23(22)28)25(21-13-6-5-7-14-21)26(31)29-24-19(3)11-10-12-20(24)4/h5-16,18,25H,17H2,1-4H3,(H,29,31)/t25-/m0/s1. The van der Waals surface area contributed by atoms with Gasteiger partial charge in [-0.15, -0.1) is 0 Å². The molecule has 0 aliphatic heterocycles. The Labute approximate surface area is 198 Å². The maximum Gasteiger partial charge on any atom is 0.255 e. The SMILES string of the molecule is Cc1cccc(C)c1NC(=O)[C@H](c1ccccc1)N(CC(C)C)C(=O)c1ccccc1Br. The van der Waals surface area contributed by atoms with E-state index < -0.39 is 6.04 Å². The summed E-state index contributed by atoms with van der Waals surface area (Å²) in [6.45, 7) is 8.48. The summed E-state index contributed by atoms with van der Waals surface area (Å²) in [6, 6.07) is 22.0. The number of carbonyl (C=O) groups excluding carboxylic acids is 2. The molecular weight excluding hydrogens is 464 g/mol. The van der Waals surface area contributed by atoms with Gasteiger partial charge in [0.15, 0.2) is 0 Å². The van der Waals surface area contributed by atoms with Gasteiger partial charge in [0.05, 0.1) is 5.56 Å². The highest BCUT2D eigenvalue weighted by atomic mass is 79.9. The first-order valence-electron chi connectivity index (χ1n) is 10.8. The lowest BCUT2D eigenvalue weighted by atomic mass is 10.0. The third-order valence-corrected chi connectivity index (χ3v) is 6.02. The van der Waals surface area contributed by atoms with Crippen molar-refractivity contribution in [2.45, 2.75) is 33.7 Å². The monoisotopic (exact) mass is 492 g/mol. The second-order valence-corrected chi connectivity index (χ2v) is 9.25. The number of anilines is 1. The molecule has 0 heterocycles. The number of amides is 2. The van der Waals surface area contributed by atoms with Crippen LogP contribution in [-0.4, -0.2) is 23.3 Å². The first kappa shape index (κ1) is 23.7. The van der Waals surface area contributed by atoms with Gasteiger partial charge in [0.25, 0.3) is 11.8 Å². The normalized spacial score (nSPS) is 11.8. The van der Waals surface area contributed by atoms with E-state index >= 15 is 0 Å². The number of aryl methyl sites for hydroxylation is 2. The van der Waals surface area contributed by atoms with Gasteiger partial charge < -0.3 is 10.2 Å². The molecular formula is C27H29BrN2O2. The zero-order chi connectivity index (χ0) is 23.3. The Morgan fingerprint density at radius 2 is 1.47 bits per heavy atom. The highest BCUT2D eigenvalue weighted by Gasteiger charge is 2.33. The average Bonchev–Trinajstić information content (AvgIpc) is 2.76. The summed E-state index contributed by atoms with van der Waals surface area (Å²) < 4.78 is 0.709. The molecule has 2 amide bonds. The molecule has 0 radical (unpaired) electrons. The van der Waals surface area contributed by atoms with Crippen LogP contribution in [-0.2, 0) is 4.79 Å². The highest BCUT2D eigenvalue weighted by molar-refractivity contribution is 9.10. The maximum absolute atomic E-state index is 13.7. The van der Waals surface area contributed by atoms with Crippen LogP contribution in [0, 0.1) is 19.8 Å². The van der Waals surface area contributed by atoms with Crippen molar-refractivity contribution in [3.63, 3.8) is 0 Å². The minimum absolute atomic E-state index is 0.181. The summed E-state index contributed by atoms with van der Waals surface area (Å²) >= 11 is 3.50. The van der Waals surface area contributed by atoms with E-state index in [9.17, 15) is 9.59 Å². The van der Waals surface area contributed by atoms with Crippen molar-refractivity contribution < 1.29 is 9.59 Å². The first-order valence-corrected chi connectivity index (χ1v) is 11.6. The van der Waals surface area contributed by atoms with Gasteiger partial charge in [0.1, 0.15) is 6.04 Å². The number of rotatable bonds is 7. The van der Waals surface area contributed by atoms with Crippen molar-refractivity contribution in [3.05, 3.63) is 99.5 Å². The quantitative estimate of drug-likeness (QED) is 0.406. The van der Waals surface area contributed by atoms with Crippen LogP contribution in [0.1, 0.15) is 46.9 Å². The smallest absolute Gasteiger partial charge is 0.255 e. The van der Waals surface area contributed by atoms with Crippen molar-refractivity contribution >= 4 is 33.4 Å². The Morgan fingerprint density at radius 3 is 2.06 bits per heavy atom. The number of para-hydroxylation sites is 1. The largest absolute Gasteiger partial charge is 0.323 e. The zero-order valence-electron chi connectivity index (χ0n) is 18.9. The Morgan fingerprint density at radius 1 is 0.875 bits per heavy atom. The molecule has 0 spiro atoms. The topological polar surface area (TPSA) is 49.4 Å². The predicted molar refractivity (Wildman–Crippen MR) is 134 cm³/mol. The molecule has 3 aromatic rings. The molecule has 5 heteroatoms. The van der Waals surface area contributed by atoms with E-state index in [4.69, 9.17) is 0 Å². The molecule has 0 aromatic heterocycles. The third-order valence-electron chi connectivity index (χ3n) is 5.33. The van der Waals surface area contributed by atoms with Crippen molar-refractivity contribution in [2.24, 2.45) is 5.92 Å². The molecule has 0 saturated heterocycles. The number of hydrogen-bond acceptors (Lipinski definition) is 2. The number of halogens is 1. The van der Waals surface area contributed by atoms with Gasteiger partial charge in [-0.05, 0) is 64.5 Å². The van der Waals surface area contributed by atoms with Crippen LogP contribution in [0.5, 0.6) is 0 Å². The molecule has 1 atom stereocenters. The predicted octanol–water partition coefficient (Wildman–Crippen LogP) is 6.54. The molecule has 1 N–H and O–H groups in total. The molecule has 0 aliphatic carbocycles. The molecule has 0 aliphatic rings. The fourth-order valence-electron chi connectivity index (χ4n) is 3.80. The summed E-state index contributed by atoms with van der Waals surface area (Å²) in [6.07, 6.45) is 0. The molecule has 32 heavy (non-hydrogen) atoms. The molecule has 4 nitrogen and oxygen atoms in total. The number of benzene rings is 3. The Bertz CT molecular complexity index is 1080. The molecule has 0 fully saturated rings. The lowest BCUT2D eigenvalue weighted by Crippen LogP contribution is -2.43. The Balaban J connectivity index is 2.08. The fraction of sp³-hybridized carbons (Fsp3) is 0.259. The summed E-state index contributed by atoms with van der Waals surface area (Å²) in [4.78, 5) is 29.2.